The smallest absolute Gasteiger partial charge is 0.141 e. The van der Waals surface area contributed by atoms with Crippen molar-refractivity contribution in [2.24, 2.45) is 0 Å². The van der Waals surface area contributed by atoms with Crippen LogP contribution in [-0.4, -0.2) is 6.04 Å². The highest BCUT2D eigenvalue weighted by atomic mass is 79.9. The zero-order chi connectivity index (χ0) is 14.5. The van der Waals surface area contributed by atoms with E-state index in [1.807, 2.05) is 24.3 Å². The van der Waals surface area contributed by atoms with Crippen LogP contribution in [0.4, 0.5) is 0 Å². The van der Waals surface area contributed by atoms with Gasteiger partial charge >= 0.3 is 0 Å². The fourth-order valence-electron chi connectivity index (χ4n) is 1.86. The van der Waals surface area contributed by atoms with Crippen LogP contribution in [0.15, 0.2) is 46.9 Å². The summed E-state index contributed by atoms with van der Waals surface area (Å²) in [6, 6.07) is 14.7. The minimum Gasteiger partial charge on any atom is -0.456 e. The van der Waals surface area contributed by atoms with Gasteiger partial charge in [0.05, 0.1) is 4.47 Å². The lowest BCUT2D eigenvalue weighted by atomic mass is 10.2. The molecule has 0 unspecified atom stereocenters. The second-order valence-electron chi connectivity index (χ2n) is 5.22. The van der Waals surface area contributed by atoms with Gasteiger partial charge in [0, 0.05) is 12.6 Å². The second-order valence-corrected chi connectivity index (χ2v) is 6.07. The Labute approximate surface area is 129 Å². The molecular formula is C17H20BrNO. The minimum atomic E-state index is 0.478. The standard InChI is InChI=1S/C17H20BrNO/c1-12(2)19-11-14-5-4-6-15(10-14)20-17-8-7-13(3)9-16(17)18/h4-10,12,19H,11H2,1-3H3. The van der Waals surface area contributed by atoms with E-state index in [1.54, 1.807) is 0 Å². The van der Waals surface area contributed by atoms with Gasteiger partial charge in [-0.3, -0.25) is 0 Å². The third kappa shape index (κ3) is 4.36. The monoisotopic (exact) mass is 333 g/mol. The van der Waals surface area contributed by atoms with Gasteiger partial charge in [0.25, 0.3) is 0 Å². The summed E-state index contributed by atoms with van der Waals surface area (Å²) in [6.07, 6.45) is 0. The first kappa shape index (κ1) is 15.1. The normalized spacial score (nSPS) is 10.8. The predicted octanol–water partition coefficient (Wildman–Crippen LogP) is 5.05. The molecule has 0 aliphatic heterocycles. The first-order chi connectivity index (χ1) is 9.54. The molecule has 0 amide bonds. The summed E-state index contributed by atoms with van der Waals surface area (Å²) in [4.78, 5) is 0. The maximum Gasteiger partial charge on any atom is 0.141 e. The van der Waals surface area contributed by atoms with Crippen molar-refractivity contribution in [3.63, 3.8) is 0 Å². The Kier molecular flexibility index (Phi) is 5.21. The average molecular weight is 334 g/mol. The fraction of sp³-hybridized carbons (Fsp3) is 0.294. The predicted molar refractivity (Wildman–Crippen MR) is 87.4 cm³/mol. The zero-order valence-electron chi connectivity index (χ0n) is 12.1. The molecule has 1 N–H and O–H groups in total. The van der Waals surface area contributed by atoms with Crippen LogP contribution in [0.1, 0.15) is 25.0 Å². The van der Waals surface area contributed by atoms with Gasteiger partial charge in [-0.1, -0.05) is 32.0 Å². The quantitative estimate of drug-likeness (QED) is 0.826. The van der Waals surface area contributed by atoms with Crippen LogP contribution in [0.5, 0.6) is 11.5 Å². The first-order valence-electron chi connectivity index (χ1n) is 6.81. The number of ether oxygens (including phenoxy) is 1. The Morgan fingerprint density at radius 3 is 2.65 bits per heavy atom. The van der Waals surface area contributed by atoms with Gasteiger partial charge in [-0.25, -0.2) is 0 Å². The molecule has 0 aliphatic rings. The molecule has 0 atom stereocenters. The number of hydrogen-bond acceptors (Lipinski definition) is 2. The van der Waals surface area contributed by atoms with Crippen LogP contribution in [0.2, 0.25) is 0 Å². The van der Waals surface area contributed by atoms with Crippen molar-refractivity contribution in [1.82, 2.24) is 5.32 Å². The molecule has 2 aromatic carbocycles. The number of halogens is 1. The first-order valence-corrected chi connectivity index (χ1v) is 7.60. The van der Waals surface area contributed by atoms with Gasteiger partial charge in [0.1, 0.15) is 11.5 Å². The summed E-state index contributed by atoms with van der Waals surface area (Å²) < 4.78 is 6.91. The van der Waals surface area contributed by atoms with Gasteiger partial charge < -0.3 is 10.1 Å². The third-order valence-corrected chi connectivity index (χ3v) is 3.55. The van der Waals surface area contributed by atoms with Crippen LogP contribution in [0, 0.1) is 6.92 Å². The second kappa shape index (κ2) is 6.91. The van der Waals surface area contributed by atoms with Crippen LogP contribution in [-0.2, 0) is 6.54 Å². The SMILES string of the molecule is Cc1ccc(Oc2cccc(CNC(C)C)c2)c(Br)c1. The number of rotatable bonds is 5. The molecule has 106 valence electrons. The molecule has 0 aliphatic carbocycles. The number of nitrogens with one attached hydrogen (secondary N) is 1. The molecule has 0 saturated carbocycles. The lowest BCUT2D eigenvalue weighted by molar-refractivity contribution is 0.478. The summed E-state index contributed by atoms with van der Waals surface area (Å²) in [5.74, 6) is 1.70. The molecule has 2 rings (SSSR count). The molecule has 2 nitrogen and oxygen atoms in total. The lowest BCUT2D eigenvalue weighted by Gasteiger charge is -2.11. The highest BCUT2D eigenvalue weighted by Gasteiger charge is 2.04. The Morgan fingerprint density at radius 1 is 1.15 bits per heavy atom. The Bertz CT molecular complexity index is 581. The fourth-order valence-corrected chi connectivity index (χ4v) is 2.43. The zero-order valence-corrected chi connectivity index (χ0v) is 13.7. The van der Waals surface area contributed by atoms with Crippen molar-refractivity contribution in [1.29, 1.82) is 0 Å². The van der Waals surface area contributed by atoms with Gasteiger partial charge in [0.15, 0.2) is 0 Å². The summed E-state index contributed by atoms with van der Waals surface area (Å²) in [5, 5.41) is 3.41. The van der Waals surface area contributed by atoms with E-state index < -0.39 is 0 Å². The largest absolute Gasteiger partial charge is 0.456 e. The third-order valence-electron chi connectivity index (χ3n) is 2.93. The van der Waals surface area contributed by atoms with Crippen LogP contribution in [0.3, 0.4) is 0 Å². The Hall–Kier alpha value is -1.32. The molecule has 0 bridgehead atoms. The van der Waals surface area contributed by atoms with Gasteiger partial charge in [-0.05, 0) is 58.2 Å². The Balaban J connectivity index is 2.11. The number of aryl methyl sites for hydroxylation is 1. The summed E-state index contributed by atoms with van der Waals surface area (Å²) in [6.45, 7) is 7.20. The minimum absolute atomic E-state index is 0.478. The van der Waals surface area contributed by atoms with Crippen LogP contribution < -0.4 is 10.1 Å². The topological polar surface area (TPSA) is 21.3 Å². The van der Waals surface area contributed by atoms with Crippen molar-refractivity contribution in [2.75, 3.05) is 0 Å². The Morgan fingerprint density at radius 2 is 1.95 bits per heavy atom. The molecular weight excluding hydrogens is 314 g/mol. The summed E-state index contributed by atoms with van der Waals surface area (Å²) in [7, 11) is 0. The highest BCUT2D eigenvalue weighted by molar-refractivity contribution is 9.10. The highest BCUT2D eigenvalue weighted by Crippen LogP contribution is 2.30. The van der Waals surface area contributed by atoms with Gasteiger partial charge in [-0.15, -0.1) is 0 Å². The van der Waals surface area contributed by atoms with E-state index in [4.69, 9.17) is 4.74 Å². The van der Waals surface area contributed by atoms with Crippen molar-refractivity contribution in [2.45, 2.75) is 33.4 Å². The van der Waals surface area contributed by atoms with Crippen LogP contribution >= 0.6 is 15.9 Å². The van der Waals surface area contributed by atoms with Gasteiger partial charge in [0.2, 0.25) is 0 Å². The number of hydrogen-bond donors (Lipinski definition) is 1. The average Bonchev–Trinajstić information content (AvgIpc) is 2.40. The molecule has 2 aromatic rings. The van der Waals surface area contributed by atoms with E-state index in [0.717, 1.165) is 22.5 Å². The summed E-state index contributed by atoms with van der Waals surface area (Å²) >= 11 is 3.54. The van der Waals surface area contributed by atoms with E-state index in [2.05, 4.69) is 60.2 Å². The molecule has 0 saturated heterocycles. The van der Waals surface area contributed by atoms with E-state index >= 15 is 0 Å². The molecule has 0 aromatic heterocycles. The van der Waals surface area contributed by atoms with Crippen LogP contribution in [0.25, 0.3) is 0 Å². The van der Waals surface area contributed by atoms with Crippen molar-refractivity contribution in [3.8, 4) is 11.5 Å². The number of benzene rings is 2. The molecule has 0 fully saturated rings. The molecule has 20 heavy (non-hydrogen) atoms. The maximum absolute atomic E-state index is 5.94. The molecule has 0 heterocycles. The maximum atomic E-state index is 5.94. The van der Waals surface area contributed by atoms with E-state index in [1.165, 1.54) is 11.1 Å². The molecule has 3 heteroatoms. The van der Waals surface area contributed by atoms with E-state index in [-0.39, 0.29) is 0 Å². The summed E-state index contributed by atoms with van der Waals surface area (Å²) in [5.41, 5.74) is 2.43. The van der Waals surface area contributed by atoms with E-state index in [9.17, 15) is 0 Å². The van der Waals surface area contributed by atoms with Crippen molar-refractivity contribution >= 4 is 15.9 Å². The van der Waals surface area contributed by atoms with Crippen molar-refractivity contribution < 1.29 is 4.74 Å². The van der Waals surface area contributed by atoms with Gasteiger partial charge in [-0.2, -0.15) is 0 Å². The van der Waals surface area contributed by atoms with Crippen molar-refractivity contribution in [3.05, 3.63) is 58.1 Å². The molecule has 0 spiro atoms. The van der Waals surface area contributed by atoms with E-state index in [0.29, 0.717) is 6.04 Å². The lowest BCUT2D eigenvalue weighted by Crippen LogP contribution is -2.21. The molecule has 0 radical (unpaired) electrons.